The van der Waals surface area contributed by atoms with Gasteiger partial charge in [-0.05, 0) is 41.0 Å². The second-order valence-electron chi connectivity index (χ2n) is 6.46. The lowest BCUT2D eigenvalue weighted by Gasteiger charge is -2.22. The lowest BCUT2D eigenvalue weighted by molar-refractivity contribution is 0.466. The topological polar surface area (TPSA) is 20.2 Å². The van der Waals surface area contributed by atoms with Gasteiger partial charge in [-0.3, -0.25) is 0 Å². The molecular weight excluding hydrogens is 244 g/mol. The number of hydrogen-bond donors (Lipinski definition) is 1. The van der Waals surface area contributed by atoms with Crippen LogP contribution >= 0.6 is 0 Å². The molecule has 106 valence electrons. The molecule has 0 unspecified atom stereocenters. The van der Waals surface area contributed by atoms with Crippen molar-refractivity contribution in [3.05, 3.63) is 59.2 Å². The molecule has 0 spiro atoms. The summed E-state index contributed by atoms with van der Waals surface area (Å²) in [4.78, 5) is 0. The zero-order chi connectivity index (χ0) is 14.8. The second-order valence-corrected chi connectivity index (χ2v) is 6.46. The molecule has 20 heavy (non-hydrogen) atoms. The summed E-state index contributed by atoms with van der Waals surface area (Å²) in [5.74, 6) is 0.368. The quantitative estimate of drug-likeness (QED) is 0.803. The van der Waals surface area contributed by atoms with Crippen LogP contribution in [0.25, 0.3) is 6.08 Å². The van der Waals surface area contributed by atoms with Gasteiger partial charge in [0.2, 0.25) is 0 Å². The Morgan fingerprint density at radius 3 is 2.55 bits per heavy atom. The maximum absolute atomic E-state index is 10.4. The average Bonchev–Trinajstić information content (AvgIpc) is 2.41. The van der Waals surface area contributed by atoms with E-state index in [4.69, 9.17) is 0 Å². The minimum absolute atomic E-state index is 0.0665. The third-order valence-corrected chi connectivity index (χ3v) is 3.77. The maximum Gasteiger partial charge on any atom is 0.126 e. The van der Waals surface area contributed by atoms with E-state index >= 15 is 0 Å². The Hall–Kier alpha value is -1.76. The highest BCUT2D eigenvalue weighted by atomic mass is 16.3. The van der Waals surface area contributed by atoms with Crippen molar-refractivity contribution in [3.8, 4) is 5.75 Å². The monoisotopic (exact) mass is 268 g/mol. The molecule has 1 heteroatoms. The van der Waals surface area contributed by atoms with E-state index in [0.29, 0.717) is 5.75 Å². The Bertz CT molecular complexity index is 568. The van der Waals surface area contributed by atoms with E-state index in [9.17, 15) is 5.11 Å². The first-order chi connectivity index (χ1) is 9.41. The fourth-order valence-electron chi connectivity index (χ4n) is 2.46. The second kappa shape index (κ2) is 5.70. The molecule has 0 amide bonds. The summed E-state index contributed by atoms with van der Waals surface area (Å²) in [6, 6.07) is 4.17. The Balaban J connectivity index is 2.43. The molecule has 1 N–H and O–H groups in total. The van der Waals surface area contributed by atoms with Crippen molar-refractivity contribution in [2.75, 3.05) is 0 Å². The Morgan fingerprint density at radius 2 is 2.00 bits per heavy atom. The number of benzene rings is 1. The van der Waals surface area contributed by atoms with E-state index in [1.165, 1.54) is 11.1 Å². The molecule has 1 aliphatic rings. The van der Waals surface area contributed by atoms with Crippen LogP contribution in [0.4, 0.5) is 0 Å². The largest absolute Gasteiger partial charge is 0.507 e. The van der Waals surface area contributed by atoms with Gasteiger partial charge >= 0.3 is 0 Å². The molecule has 1 aliphatic carbocycles. The van der Waals surface area contributed by atoms with E-state index in [1.54, 1.807) is 6.08 Å². The third kappa shape index (κ3) is 3.22. The molecule has 1 aromatic rings. The number of rotatable bonds is 3. The van der Waals surface area contributed by atoms with Crippen molar-refractivity contribution in [2.24, 2.45) is 0 Å². The molecule has 0 aliphatic heterocycles. The van der Waals surface area contributed by atoms with Crippen LogP contribution in [0.2, 0.25) is 0 Å². The van der Waals surface area contributed by atoms with Crippen LogP contribution in [-0.4, -0.2) is 5.11 Å². The predicted octanol–water partition coefficient (Wildman–Crippen LogP) is 5.15. The first kappa shape index (κ1) is 14.6. The first-order valence-electron chi connectivity index (χ1n) is 7.26. The average molecular weight is 268 g/mol. The molecule has 0 fully saturated rings. The number of hydrogen-bond acceptors (Lipinski definition) is 1. The summed E-state index contributed by atoms with van der Waals surface area (Å²) in [6.45, 7) is 10.4. The van der Waals surface area contributed by atoms with Crippen molar-refractivity contribution in [2.45, 2.75) is 45.4 Å². The van der Waals surface area contributed by atoms with Gasteiger partial charge in [0.25, 0.3) is 0 Å². The molecule has 0 atom stereocenters. The van der Waals surface area contributed by atoms with Gasteiger partial charge in [-0.2, -0.15) is 0 Å². The molecule has 1 aromatic carbocycles. The lowest BCUT2D eigenvalue weighted by atomic mass is 9.83. The molecule has 0 heterocycles. The van der Waals surface area contributed by atoms with Crippen LogP contribution < -0.4 is 0 Å². The lowest BCUT2D eigenvalue weighted by Crippen LogP contribution is -2.12. The van der Waals surface area contributed by atoms with E-state index in [0.717, 1.165) is 30.4 Å². The normalized spacial score (nSPS) is 15.1. The summed E-state index contributed by atoms with van der Waals surface area (Å²) in [7, 11) is 0. The molecule has 0 saturated heterocycles. The van der Waals surface area contributed by atoms with E-state index in [2.05, 4.69) is 51.6 Å². The van der Waals surface area contributed by atoms with Crippen molar-refractivity contribution in [1.29, 1.82) is 0 Å². The van der Waals surface area contributed by atoms with E-state index in [1.807, 2.05) is 6.07 Å². The highest BCUT2D eigenvalue weighted by Crippen LogP contribution is 2.33. The number of allylic oxidation sites excluding steroid dienone is 4. The Kier molecular flexibility index (Phi) is 4.17. The zero-order valence-electron chi connectivity index (χ0n) is 12.7. The van der Waals surface area contributed by atoms with Gasteiger partial charge in [-0.15, -0.1) is 0 Å². The Morgan fingerprint density at radius 1 is 1.25 bits per heavy atom. The zero-order valence-corrected chi connectivity index (χ0v) is 12.7. The molecule has 0 aromatic heterocycles. The molecule has 0 bridgehead atoms. The van der Waals surface area contributed by atoms with Gasteiger partial charge in [-0.25, -0.2) is 0 Å². The van der Waals surface area contributed by atoms with Gasteiger partial charge < -0.3 is 5.11 Å². The van der Waals surface area contributed by atoms with Gasteiger partial charge in [-0.1, -0.05) is 57.7 Å². The first-order valence-corrected chi connectivity index (χ1v) is 7.26. The van der Waals surface area contributed by atoms with Crippen LogP contribution in [0, 0.1) is 0 Å². The third-order valence-electron chi connectivity index (χ3n) is 3.77. The number of aromatic hydroxyl groups is 1. The van der Waals surface area contributed by atoms with Crippen LogP contribution in [0.3, 0.4) is 0 Å². The SMILES string of the molecule is C=Cc1cc(C(C)(C)C)cc(CC2=CCCC=C2)c1O. The summed E-state index contributed by atoms with van der Waals surface area (Å²) in [6.07, 6.45) is 11.4. The maximum atomic E-state index is 10.4. The highest BCUT2D eigenvalue weighted by Gasteiger charge is 2.18. The van der Waals surface area contributed by atoms with Gasteiger partial charge in [0.05, 0.1) is 0 Å². The van der Waals surface area contributed by atoms with Crippen molar-refractivity contribution in [3.63, 3.8) is 0 Å². The summed E-state index contributed by atoms with van der Waals surface area (Å²) in [5.41, 5.74) is 4.41. The van der Waals surface area contributed by atoms with Gasteiger partial charge in [0.1, 0.15) is 5.75 Å². The molecule has 1 nitrogen and oxygen atoms in total. The predicted molar refractivity (Wildman–Crippen MR) is 87.1 cm³/mol. The summed E-state index contributed by atoms with van der Waals surface area (Å²) < 4.78 is 0. The van der Waals surface area contributed by atoms with Crippen molar-refractivity contribution >= 4 is 6.08 Å². The van der Waals surface area contributed by atoms with E-state index < -0.39 is 0 Å². The van der Waals surface area contributed by atoms with Crippen molar-refractivity contribution in [1.82, 2.24) is 0 Å². The fraction of sp³-hybridized carbons (Fsp3) is 0.368. The standard InChI is InChI=1S/C19H24O/c1-5-15-12-17(19(2,3)4)13-16(18(15)20)11-14-9-7-6-8-10-14/h5,7,9-10,12-13,20H,1,6,8,11H2,2-4H3. The molecule has 0 radical (unpaired) electrons. The molecule has 2 rings (SSSR count). The van der Waals surface area contributed by atoms with Crippen LogP contribution in [0.15, 0.2) is 42.5 Å². The van der Waals surface area contributed by atoms with Gasteiger partial charge in [0.15, 0.2) is 0 Å². The van der Waals surface area contributed by atoms with Crippen LogP contribution in [-0.2, 0) is 11.8 Å². The summed E-state index contributed by atoms with van der Waals surface area (Å²) >= 11 is 0. The minimum atomic E-state index is 0.0665. The van der Waals surface area contributed by atoms with Crippen LogP contribution in [0.5, 0.6) is 5.75 Å². The highest BCUT2D eigenvalue weighted by molar-refractivity contribution is 5.61. The fourth-order valence-corrected chi connectivity index (χ4v) is 2.46. The van der Waals surface area contributed by atoms with Crippen molar-refractivity contribution < 1.29 is 5.11 Å². The smallest absolute Gasteiger partial charge is 0.126 e. The number of phenols is 1. The van der Waals surface area contributed by atoms with Crippen LogP contribution in [0.1, 0.15) is 50.3 Å². The van der Waals surface area contributed by atoms with E-state index in [-0.39, 0.29) is 5.41 Å². The Labute approximate surface area is 122 Å². The van der Waals surface area contributed by atoms with Gasteiger partial charge in [0, 0.05) is 12.0 Å². The molecular formula is C19H24O. The summed E-state index contributed by atoms with van der Waals surface area (Å²) in [5, 5.41) is 10.4. The minimum Gasteiger partial charge on any atom is -0.507 e. The molecule has 0 saturated carbocycles. The number of phenolic OH excluding ortho intramolecular Hbond substituents is 1.